The van der Waals surface area contributed by atoms with E-state index in [1.54, 1.807) is 36.8 Å². The van der Waals surface area contributed by atoms with Gasteiger partial charge in [-0.15, -0.1) is 10.2 Å². The third-order valence-electron chi connectivity index (χ3n) is 4.60. The summed E-state index contributed by atoms with van der Waals surface area (Å²) < 4.78 is 35.2. The van der Waals surface area contributed by atoms with Crippen LogP contribution in [0.15, 0.2) is 82.2 Å². The molecule has 0 aliphatic rings. The molecular weight excluding hydrogens is 425 g/mol. The van der Waals surface area contributed by atoms with Gasteiger partial charge in [0.15, 0.2) is 0 Å². The number of azo groups is 1. The van der Waals surface area contributed by atoms with E-state index in [1.807, 2.05) is 25.1 Å². The van der Waals surface area contributed by atoms with Crippen LogP contribution in [0.2, 0.25) is 0 Å². The molecule has 0 unspecified atom stereocenters. The van der Waals surface area contributed by atoms with Crippen molar-refractivity contribution in [2.75, 3.05) is 5.73 Å². The Morgan fingerprint density at radius 1 is 0.968 bits per heavy atom. The molecule has 0 fully saturated rings. The Morgan fingerprint density at radius 3 is 2.32 bits per heavy atom. The van der Waals surface area contributed by atoms with Crippen LogP contribution >= 0.6 is 0 Å². The number of nitrogens with two attached hydrogens (primary N) is 1. The molecule has 10 heteroatoms. The van der Waals surface area contributed by atoms with Crippen LogP contribution in [-0.4, -0.2) is 22.9 Å². The van der Waals surface area contributed by atoms with Gasteiger partial charge in [0.25, 0.3) is 0 Å². The first-order valence-corrected chi connectivity index (χ1v) is 10.3. The van der Waals surface area contributed by atoms with Gasteiger partial charge in [0.2, 0.25) is 0 Å². The summed E-state index contributed by atoms with van der Waals surface area (Å²) in [5.74, 6) is 0. The molecule has 2 aromatic carbocycles. The van der Waals surface area contributed by atoms with Gasteiger partial charge < -0.3 is 10.3 Å². The first-order valence-electron chi connectivity index (χ1n) is 8.90. The summed E-state index contributed by atoms with van der Waals surface area (Å²) in [5.41, 5.74) is 9.40. The third kappa shape index (κ3) is 4.81. The van der Waals surface area contributed by atoms with Crippen molar-refractivity contribution in [2.45, 2.75) is 11.8 Å². The van der Waals surface area contributed by atoms with Crippen molar-refractivity contribution in [2.24, 2.45) is 10.2 Å². The normalized spacial score (nSPS) is 11.5. The van der Waals surface area contributed by atoms with E-state index in [0.29, 0.717) is 11.1 Å². The molecule has 2 N–H and O–H groups in total. The predicted molar refractivity (Wildman–Crippen MR) is 113 cm³/mol. The number of aromatic nitrogens is 2. The summed E-state index contributed by atoms with van der Waals surface area (Å²) in [7, 11) is -4.72. The predicted octanol–water partition coefficient (Wildman–Crippen LogP) is 1.51. The molecule has 31 heavy (non-hydrogen) atoms. The van der Waals surface area contributed by atoms with E-state index in [4.69, 9.17) is 5.73 Å². The van der Waals surface area contributed by atoms with Gasteiger partial charge in [-0.05, 0) is 36.8 Å². The van der Waals surface area contributed by atoms with Crippen LogP contribution in [-0.2, 0) is 10.1 Å². The maximum Gasteiger partial charge on any atom is 1.00 e. The molecular formula is C21H16N5NaO3S. The van der Waals surface area contributed by atoms with Crippen molar-refractivity contribution in [3.63, 3.8) is 0 Å². The molecule has 0 bridgehead atoms. The molecule has 0 aliphatic heterocycles. The zero-order valence-electron chi connectivity index (χ0n) is 16.9. The number of rotatable bonds is 4. The van der Waals surface area contributed by atoms with Crippen molar-refractivity contribution in [1.29, 1.82) is 0 Å². The summed E-state index contributed by atoms with van der Waals surface area (Å²) in [6, 6.07) is 13.2. The average Bonchev–Trinajstić information content (AvgIpc) is 2.74. The van der Waals surface area contributed by atoms with E-state index in [1.165, 1.54) is 6.07 Å². The van der Waals surface area contributed by atoms with Crippen molar-refractivity contribution >= 4 is 38.0 Å². The topological polar surface area (TPSA) is 134 Å². The summed E-state index contributed by atoms with van der Waals surface area (Å²) in [4.78, 5) is 8.08. The van der Waals surface area contributed by atoms with Gasteiger partial charge in [-0.25, -0.2) is 8.42 Å². The molecule has 4 rings (SSSR count). The van der Waals surface area contributed by atoms with E-state index in [0.717, 1.165) is 22.9 Å². The fraction of sp³-hybridized carbons (Fsp3) is 0.0476. The van der Waals surface area contributed by atoms with Gasteiger partial charge in [-0.1, -0.05) is 24.3 Å². The monoisotopic (exact) mass is 441 g/mol. The number of anilines is 1. The minimum atomic E-state index is -4.72. The minimum absolute atomic E-state index is 0. The number of aryl methyl sites for hydroxylation is 1. The molecule has 8 nitrogen and oxygen atoms in total. The third-order valence-corrected chi connectivity index (χ3v) is 5.48. The van der Waals surface area contributed by atoms with Crippen molar-refractivity contribution < 1.29 is 42.5 Å². The minimum Gasteiger partial charge on any atom is -0.744 e. The fourth-order valence-electron chi connectivity index (χ4n) is 3.07. The fourth-order valence-corrected chi connectivity index (χ4v) is 3.78. The van der Waals surface area contributed by atoms with Gasteiger partial charge in [0.1, 0.15) is 21.5 Å². The van der Waals surface area contributed by atoms with Crippen molar-refractivity contribution in [1.82, 2.24) is 9.97 Å². The standard InChI is InChI=1S/C21H17N5O3S.Na/c1-13-9-17(14-5-4-8-23-11-14)24-12-19(13)26-25-18-10-20(30(27,28)29)15-6-2-3-7-16(15)21(18)22;/h2-12H,22H2,1H3,(H,27,28,29);/q;+1/p-1. The number of nitrogen functional groups attached to an aromatic ring is 1. The van der Waals surface area contributed by atoms with Gasteiger partial charge in [0, 0.05) is 28.7 Å². The van der Waals surface area contributed by atoms with Crippen LogP contribution in [0.25, 0.3) is 22.0 Å². The second-order valence-electron chi connectivity index (χ2n) is 6.60. The summed E-state index contributed by atoms with van der Waals surface area (Å²) in [6.07, 6.45) is 4.95. The smallest absolute Gasteiger partial charge is 0.744 e. The number of fused-ring (bicyclic) bond motifs is 1. The SMILES string of the molecule is Cc1cc(-c2cccnc2)ncc1N=Nc1cc(S(=O)(=O)[O-])c2ccccc2c1N.[Na+]. The molecule has 4 aromatic rings. The van der Waals surface area contributed by atoms with E-state index < -0.39 is 10.1 Å². The number of hydrogen-bond donors (Lipinski definition) is 1. The number of pyridine rings is 2. The summed E-state index contributed by atoms with van der Waals surface area (Å²) >= 11 is 0. The van der Waals surface area contributed by atoms with E-state index in [-0.39, 0.29) is 51.2 Å². The molecule has 0 saturated heterocycles. The van der Waals surface area contributed by atoms with Crippen LogP contribution in [0.4, 0.5) is 17.1 Å². The Bertz CT molecular complexity index is 1390. The van der Waals surface area contributed by atoms with Crippen molar-refractivity contribution in [3.05, 3.63) is 72.7 Å². The molecule has 2 aromatic heterocycles. The molecule has 0 atom stereocenters. The van der Waals surface area contributed by atoms with Gasteiger partial charge in [-0.2, -0.15) is 0 Å². The number of benzene rings is 2. The summed E-state index contributed by atoms with van der Waals surface area (Å²) in [5, 5.41) is 8.95. The van der Waals surface area contributed by atoms with Crippen LogP contribution in [0.1, 0.15) is 5.56 Å². The molecule has 2 heterocycles. The number of nitrogens with zero attached hydrogens (tertiary/aromatic N) is 4. The molecule has 0 saturated carbocycles. The van der Waals surface area contributed by atoms with Gasteiger partial charge in [0.05, 0.1) is 22.5 Å². The first-order chi connectivity index (χ1) is 14.3. The van der Waals surface area contributed by atoms with E-state index in [9.17, 15) is 13.0 Å². The Labute approximate surface area is 201 Å². The van der Waals surface area contributed by atoms with Crippen LogP contribution in [0.5, 0.6) is 0 Å². The maximum atomic E-state index is 11.7. The Morgan fingerprint density at radius 2 is 1.68 bits per heavy atom. The molecule has 150 valence electrons. The second-order valence-corrected chi connectivity index (χ2v) is 7.95. The van der Waals surface area contributed by atoms with Crippen LogP contribution in [0, 0.1) is 6.92 Å². The average molecular weight is 441 g/mol. The van der Waals surface area contributed by atoms with Gasteiger partial charge in [-0.3, -0.25) is 9.97 Å². The van der Waals surface area contributed by atoms with Crippen LogP contribution in [0.3, 0.4) is 0 Å². The van der Waals surface area contributed by atoms with Crippen LogP contribution < -0.4 is 35.3 Å². The van der Waals surface area contributed by atoms with Crippen molar-refractivity contribution in [3.8, 4) is 11.3 Å². The molecule has 0 amide bonds. The number of hydrogen-bond acceptors (Lipinski definition) is 8. The Balaban J connectivity index is 0.00000272. The Kier molecular flexibility index (Phi) is 6.83. The molecule has 0 spiro atoms. The zero-order valence-corrected chi connectivity index (χ0v) is 19.7. The molecule has 0 aliphatic carbocycles. The quantitative estimate of drug-likeness (QED) is 0.221. The zero-order chi connectivity index (χ0) is 21.3. The second kappa shape index (κ2) is 9.21. The van der Waals surface area contributed by atoms with E-state index >= 15 is 0 Å². The van der Waals surface area contributed by atoms with Gasteiger partial charge >= 0.3 is 29.6 Å². The Hall–Kier alpha value is -2.69. The van der Waals surface area contributed by atoms with E-state index in [2.05, 4.69) is 20.2 Å². The maximum absolute atomic E-state index is 11.7. The summed E-state index contributed by atoms with van der Waals surface area (Å²) in [6.45, 7) is 1.85. The first kappa shape index (κ1) is 23.0. The largest absolute Gasteiger partial charge is 1.00 e. The molecule has 0 radical (unpaired) electrons.